The van der Waals surface area contributed by atoms with Crippen LogP contribution >= 0.6 is 0 Å². The molecule has 22 heavy (non-hydrogen) atoms. The van der Waals surface area contributed by atoms with E-state index in [2.05, 4.69) is 48.5 Å². The number of hydrogen-bond acceptors (Lipinski definition) is 2. The highest BCUT2D eigenvalue weighted by atomic mass is 16.5. The Hall–Kier alpha value is -2.79. The normalized spacial score (nSPS) is 10.3. The van der Waals surface area contributed by atoms with E-state index in [1.165, 1.54) is 16.3 Å². The van der Waals surface area contributed by atoms with Gasteiger partial charge < -0.3 is 4.74 Å². The molecule has 3 aromatic carbocycles. The minimum absolute atomic E-state index is 0.419. The summed E-state index contributed by atoms with van der Waals surface area (Å²) in [5.74, 6) is 0.827. The minimum atomic E-state index is 0.419. The lowest BCUT2D eigenvalue weighted by Gasteiger charge is -2.08. The van der Waals surface area contributed by atoms with Gasteiger partial charge in [0.15, 0.2) is 0 Å². The van der Waals surface area contributed by atoms with Gasteiger partial charge >= 0.3 is 0 Å². The topological polar surface area (TPSA) is 33.0 Å². The van der Waals surface area contributed by atoms with Crippen molar-refractivity contribution in [3.05, 3.63) is 77.9 Å². The zero-order valence-electron chi connectivity index (χ0n) is 12.3. The van der Waals surface area contributed by atoms with Gasteiger partial charge in [0.1, 0.15) is 5.75 Å². The van der Waals surface area contributed by atoms with Crippen LogP contribution in [0.2, 0.25) is 0 Å². The van der Waals surface area contributed by atoms with E-state index in [1.54, 1.807) is 0 Å². The van der Waals surface area contributed by atoms with Crippen LogP contribution < -0.4 is 4.74 Å². The fourth-order valence-electron chi connectivity index (χ4n) is 2.52. The van der Waals surface area contributed by atoms with E-state index >= 15 is 0 Å². The molecule has 0 N–H and O–H groups in total. The summed E-state index contributed by atoms with van der Waals surface area (Å²) < 4.78 is 5.80. The lowest BCUT2D eigenvalue weighted by atomic mass is 10.1. The molecule has 0 fully saturated rings. The molecule has 0 saturated carbocycles. The predicted octanol–water partition coefficient (Wildman–Crippen LogP) is 4.53. The molecule has 0 atom stereocenters. The van der Waals surface area contributed by atoms with Gasteiger partial charge in [-0.25, -0.2) is 0 Å². The molecular weight excluding hydrogens is 270 g/mol. The van der Waals surface area contributed by atoms with Gasteiger partial charge in [0, 0.05) is 6.42 Å². The zero-order valence-corrected chi connectivity index (χ0v) is 12.3. The number of fused-ring (bicyclic) bond motifs is 1. The molecule has 2 heteroatoms. The highest BCUT2D eigenvalue weighted by Gasteiger charge is 1.99. The second kappa shape index (κ2) is 6.78. The van der Waals surface area contributed by atoms with Crippen LogP contribution in [0.1, 0.15) is 11.1 Å². The number of rotatable bonds is 5. The number of hydrogen-bond donors (Lipinski definition) is 0. The second-order valence-electron chi connectivity index (χ2n) is 5.26. The van der Waals surface area contributed by atoms with Gasteiger partial charge in [-0.3, -0.25) is 0 Å². The van der Waals surface area contributed by atoms with Crippen molar-refractivity contribution >= 4 is 10.8 Å². The number of ether oxygens (including phenoxy) is 1. The van der Waals surface area contributed by atoms with E-state index in [9.17, 15) is 0 Å². The summed E-state index contributed by atoms with van der Waals surface area (Å²) in [4.78, 5) is 0. The van der Waals surface area contributed by atoms with Crippen LogP contribution in [0.15, 0.2) is 66.7 Å². The second-order valence-corrected chi connectivity index (χ2v) is 5.26. The van der Waals surface area contributed by atoms with Crippen molar-refractivity contribution in [2.45, 2.75) is 12.8 Å². The van der Waals surface area contributed by atoms with E-state index in [4.69, 9.17) is 10.00 Å². The molecule has 3 aromatic rings. The average Bonchev–Trinajstić information content (AvgIpc) is 2.55. The summed E-state index contributed by atoms with van der Waals surface area (Å²) >= 11 is 0. The SMILES string of the molecule is N#CCc1cccc(OCCc2ccc3ccccc3c2)c1. The van der Waals surface area contributed by atoms with Gasteiger partial charge in [0.2, 0.25) is 0 Å². The molecule has 0 aromatic heterocycles. The Labute approximate surface area is 130 Å². The quantitative estimate of drug-likeness (QED) is 0.691. The predicted molar refractivity (Wildman–Crippen MR) is 88.9 cm³/mol. The molecule has 0 unspecified atom stereocenters. The Morgan fingerprint density at radius 3 is 2.55 bits per heavy atom. The molecule has 0 spiro atoms. The number of benzene rings is 3. The maximum absolute atomic E-state index is 8.73. The van der Waals surface area contributed by atoms with Crippen LogP contribution in [0.4, 0.5) is 0 Å². The standard InChI is InChI=1S/C20H17NO/c21-12-10-16-4-3-7-20(15-16)22-13-11-17-8-9-18-5-1-2-6-19(18)14-17/h1-9,14-15H,10-11,13H2. The highest BCUT2D eigenvalue weighted by Crippen LogP contribution is 2.17. The van der Waals surface area contributed by atoms with Gasteiger partial charge in [-0.05, 0) is 34.0 Å². The summed E-state index contributed by atoms with van der Waals surface area (Å²) in [6.07, 6.45) is 1.29. The van der Waals surface area contributed by atoms with Crippen molar-refractivity contribution in [2.24, 2.45) is 0 Å². The fraction of sp³-hybridized carbons (Fsp3) is 0.150. The lowest BCUT2D eigenvalue weighted by Crippen LogP contribution is -2.01. The van der Waals surface area contributed by atoms with Crippen LogP contribution in [-0.2, 0) is 12.8 Å². The summed E-state index contributed by atoms with van der Waals surface area (Å²) in [7, 11) is 0. The molecule has 108 valence electrons. The van der Waals surface area contributed by atoms with E-state index in [-0.39, 0.29) is 0 Å². The van der Waals surface area contributed by atoms with Gasteiger partial charge in [-0.1, -0.05) is 54.6 Å². The molecule has 3 rings (SSSR count). The molecule has 0 saturated heterocycles. The first-order valence-corrected chi connectivity index (χ1v) is 7.41. The lowest BCUT2D eigenvalue weighted by molar-refractivity contribution is 0.322. The van der Waals surface area contributed by atoms with Crippen LogP contribution in [-0.4, -0.2) is 6.61 Å². The third kappa shape index (κ3) is 3.45. The van der Waals surface area contributed by atoms with Crippen LogP contribution in [0.5, 0.6) is 5.75 Å². The largest absolute Gasteiger partial charge is 0.493 e. The number of nitrogens with zero attached hydrogens (tertiary/aromatic N) is 1. The van der Waals surface area contributed by atoms with Gasteiger partial charge in [0.25, 0.3) is 0 Å². The fourth-order valence-corrected chi connectivity index (χ4v) is 2.52. The maximum Gasteiger partial charge on any atom is 0.119 e. The monoisotopic (exact) mass is 287 g/mol. The minimum Gasteiger partial charge on any atom is -0.493 e. The van der Waals surface area contributed by atoms with Crippen molar-refractivity contribution < 1.29 is 4.74 Å². The summed E-state index contributed by atoms with van der Waals surface area (Å²) in [5.41, 5.74) is 2.26. The summed E-state index contributed by atoms with van der Waals surface area (Å²) in [6.45, 7) is 0.633. The molecule has 0 heterocycles. The van der Waals surface area contributed by atoms with Crippen molar-refractivity contribution in [1.82, 2.24) is 0 Å². The first kappa shape index (κ1) is 14.2. The van der Waals surface area contributed by atoms with Crippen LogP contribution in [0.25, 0.3) is 10.8 Å². The highest BCUT2D eigenvalue weighted by molar-refractivity contribution is 5.82. The maximum atomic E-state index is 8.73. The zero-order chi connectivity index (χ0) is 15.2. The van der Waals surface area contributed by atoms with Gasteiger partial charge in [-0.15, -0.1) is 0 Å². The Morgan fingerprint density at radius 1 is 0.818 bits per heavy atom. The van der Waals surface area contributed by atoms with E-state index in [0.717, 1.165) is 17.7 Å². The Kier molecular flexibility index (Phi) is 4.36. The molecule has 0 bridgehead atoms. The van der Waals surface area contributed by atoms with Crippen LogP contribution in [0, 0.1) is 11.3 Å². The average molecular weight is 287 g/mol. The Balaban J connectivity index is 1.62. The molecular formula is C20H17NO. The van der Waals surface area contributed by atoms with Crippen LogP contribution in [0.3, 0.4) is 0 Å². The van der Waals surface area contributed by atoms with E-state index in [0.29, 0.717) is 13.0 Å². The van der Waals surface area contributed by atoms with Gasteiger partial charge in [-0.2, -0.15) is 5.26 Å². The van der Waals surface area contributed by atoms with Crippen molar-refractivity contribution in [1.29, 1.82) is 5.26 Å². The molecule has 0 radical (unpaired) electrons. The molecule has 0 aliphatic carbocycles. The molecule has 0 aliphatic heterocycles. The van der Waals surface area contributed by atoms with E-state index in [1.807, 2.05) is 24.3 Å². The summed E-state index contributed by atoms with van der Waals surface area (Å²) in [5, 5.41) is 11.3. The van der Waals surface area contributed by atoms with Gasteiger partial charge in [0.05, 0.1) is 19.1 Å². The number of nitriles is 1. The Bertz CT molecular complexity index is 817. The van der Waals surface area contributed by atoms with Crippen molar-refractivity contribution in [3.63, 3.8) is 0 Å². The molecule has 0 aliphatic rings. The van der Waals surface area contributed by atoms with Crippen molar-refractivity contribution in [3.8, 4) is 11.8 Å². The van der Waals surface area contributed by atoms with E-state index < -0.39 is 0 Å². The third-order valence-electron chi connectivity index (χ3n) is 3.65. The first-order valence-electron chi connectivity index (χ1n) is 7.41. The smallest absolute Gasteiger partial charge is 0.119 e. The third-order valence-corrected chi connectivity index (χ3v) is 3.65. The molecule has 0 amide bonds. The first-order chi connectivity index (χ1) is 10.8. The Morgan fingerprint density at radius 2 is 1.68 bits per heavy atom. The van der Waals surface area contributed by atoms with Crippen molar-refractivity contribution in [2.75, 3.05) is 6.61 Å². The molecule has 2 nitrogen and oxygen atoms in total. The summed E-state index contributed by atoms with van der Waals surface area (Å²) in [6, 6.07) is 24.8.